The van der Waals surface area contributed by atoms with Gasteiger partial charge in [-0.1, -0.05) is 69.7 Å². The second-order valence-electron chi connectivity index (χ2n) is 22.0. The number of fused-ring (bicyclic) bond motifs is 8. The van der Waals surface area contributed by atoms with E-state index < -0.39 is 91.4 Å². The second kappa shape index (κ2) is 18.3. The monoisotopic (exact) mass is 936 g/mol. The Kier molecular flexibility index (Phi) is 13.0. The Morgan fingerprint density at radius 2 is 1.46 bits per heavy atom. The molecule has 0 aromatic heterocycles. The first-order valence-electron chi connectivity index (χ1n) is 25.1. The van der Waals surface area contributed by atoms with Crippen molar-refractivity contribution in [2.24, 2.45) is 46.3 Å². The third kappa shape index (κ3) is 8.51. The first-order chi connectivity index (χ1) is 32.0. The number of ether oxygens (including phenoxy) is 11. The molecule has 22 atom stereocenters. The minimum Gasteiger partial charge on any atom is -0.456 e. The normalized spacial score (nSPS) is 49.0. The fraction of sp³-hybridized carbons (Fsp3) is 0.788. The van der Waals surface area contributed by atoms with Crippen LogP contribution in [0.4, 0.5) is 0 Å². The van der Waals surface area contributed by atoms with Crippen LogP contribution in [0.2, 0.25) is 0 Å². The number of hydrogen-bond acceptors (Lipinski definition) is 15. The van der Waals surface area contributed by atoms with Gasteiger partial charge in [0, 0.05) is 38.7 Å². The molecule has 0 bridgehead atoms. The van der Waals surface area contributed by atoms with Gasteiger partial charge in [0.15, 0.2) is 43.0 Å². The minimum absolute atomic E-state index is 0.0249. The lowest BCUT2D eigenvalue weighted by atomic mass is 9.47. The van der Waals surface area contributed by atoms with Gasteiger partial charge in [-0.3, -0.25) is 14.4 Å². The maximum Gasteiger partial charge on any atom is 0.303 e. The fourth-order valence-electron chi connectivity index (χ4n) is 14.8. The maximum absolute atomic E-state index is 12.6. The number of allylic oxidation sites excluding steroid dienone is 1. The van der Waals surface area contributed by atoms with E-state index >= 15 is 0 Å². The van der Waals surface area contributed by atoms with Crippen molar-refractivity contribution in [2.45, 2.75) is 199 Å². The maximum atomic E-state index is 12.6. The van der Waals surface area contributed by atoms with E-state index in [4.69, 9.17) is 52.1 Å². The topological polar surface area (TPSA) is 173 Å². The molecule has 15 heteroatoms. The summed E-state index contributed by atoms with van der Waals surface area (Å²) in [5, 5.41) is 12.4. The van der Waals surface area contributed by atoms with Crippen molar-refractivity contribution in [3.05, 3.63) is 47.5 Å². The van der Waals surface area contributed by atoms with Gasteiger partial charge in [0.1, 0.15) is 24.4 Å². The molecule has 4 aliphatic carbocycles. The molecular weight excluding hydrogens is 865 g/mol. The molecule has 8 fully saturated rings. The third-order valence-electron chi connectivity index (χ3n) is 18.0. The van der Waals surface area contributed by atoms with Crippen molar-refractivity contribution >= 4 is 17.9 Å². The standard InChI is InChI=1S/C52H72O15/c1-26-16-21-52(58-24-26)27(2)40-38(67-52)23-37-35-15-14-33-22-34(17-19-50(33,7)36(35)18-20-51(37,40)8)63-48-44(41(56)43-39(64-48)25-57-47(65-43)32-12-10-9-11-13-32)66-49-46(62-31(6)55)45(61-30(5)54)42(28(3)59-49)60-29(4)53/h9-14,26-28,34-49,56H,15-25H2,1-8H3/t26-,27+,28+,34+,35-,36+,37+,38+,39-,40+,41+,42+,43+,44-,45-,46-,47-,48-,49+,50+,51+,52-/m1/s1. The van der Waals surface area contributed by atoms with E-state index in [1.807, 2.05) is 30.3 Å². The Morgan fingerprint density at radius 1 is 0.746 bits per heavy atom. The molecule has 1 spiro atoms. The molecule has 0 unspecified atom stereocenters. The molecule has 9 aliphatic rings. The van der Waals surface area contributed by atoms with Crippen LogP contribution in [0.25, 0.3) is 0 Å². The molecule has 5 saturated heterocycles. The predicted molar refractivity (Wildman–Crippen MR) is 237 cm³/mol. The number of aliphatic hydroxyl groups is 1. The van der Waals surface area contributed by atoms with Crippen LogP contribution in [0.15, 0.2) is 42.0 Å². The van der Waals surface area contributed by atoms with E-state index in [0.29, 0.717) is 41.9 Å². The van der Waals surface area contributed by atoms with Gasteiger partial charge in [-0.2, -0.15) is 0 Å². The molecule has 5 aliphatic heterocycles. The minimum atomic E-state index is -1.41. The van der Waals surface area contributed by atoms with Crippen LogP contribution in [0, 0.1) is 46.3 Å². The van der Waals surface area contributed by atoms with Crippen molar-refractivity contribution in [3.63, 3.8) is 0 Å². The summed E-state index contributed by atoms with van der Waals surface area (Å²) in [6, 6.07) is 9.44. The van der Waals surface area contributed by atoms with Crippen LogP contribution in [0.5, 0.6) is 0 Å². The number of carbonyl (C=O) groups is 3. The number of benzene rings is 1. The van der Waals surface area contributed by atoms with Crippen molar-refractivity contribution < 1.29 is 71.6 Å². The summed E-state index contributed by atoms with van der Waals surface area (Å²) < 4.78 is 69.8. The lowest BCUT2D eigenvalue weighted by Gasteiger charge is -2.59. The summed E-state index contributed by atoms with van der Waals surface area (Å²) in [4.78, 5) is 37.3. The second-order valence-corrected chi connectivity index (χ2v) is 22.0. The highest BCUT2D eigenvalue weighted by molar-refractivity contribution is 5.68. The van der Waals surface area contributed by atoms with Gasteiger partial charge >= 0.3 is 17.9 Å². The molecule has 15 nitrogen and oxygen atoms in total. The first kappa shape index (κ1) is 47.7. The Labute approximate surface area is 394 Å². The Balaban J connectivity index is 0.884. The fourth-order valence-corrected chi connectivity index (χ4v) is 14.8. The van der Waals surface area contributed by atoms with Crippen molar-refractivity contribution in [1.29, 1.82) is 0 Å². The third-order valence-corrected chi connectivity index (χ3v) is 18.0. The highest BCUT2D eigenvalue weighted by Crippen LogP contribution is 2.70. The molecule has 1 aromatic rings. The van der Waals surface area contributed by atoms with Gasteiger partial charge in [0.25, 0.3) is 0 Å². The summed E-state index contributed by atoms with van der Waals surface area (Å²) in [7, 11) is 0. The van der Waals surface area contributed by atoms with Crippen molar-refractivity contribution in [1.82, 2.24) is 0 Å². The molecule has 1 aromatic carbocycles. The Hall–Kier alpha value is -2.99. The van der Waals surface area contributed by atoms with E-state index in [1.54, 1.807) is 6.92 Å². The molecule has 3 saturated carbocycles. The number of hydrogen-bond donors (Lipinski definition) is 1. The lowest BCUT2D eigenvalue weighted by Crippen LogP contribution is -2.67. The highest BCUT2D eigenvalue weighted by Gasteiger charge is 2.69. The summed E-state index contributed by atoms with van der Waals surface area (Å²) in [6.07, 6.45) is -0.625. The average molecular weight is 937 g/mol. The summed E-state index contributed by atoms with van der Waals surface area (Å²) >= 11 is 0. The zero-order chi connectivity index (χ0) is 47.2. The molecule has 10 rings (SSSR count). The lowest BCUT2D eigenvalue weighted by molar-refractivity contribution is -0.396. The number of esters is 3. The van der Waals surface area contributed by atoms with Crippen molar-refractivity contribution in [2.75, 3.05) is 13.2 Å². The summed E-state index contributed by atoms with van der Waals surface area (Å²) in [5.41, 5.74) is 2.44. The van der Waals surface area contributed by atoms with E-state index in [9.17, 15) is 19.5 Å². The van der Waals surface area contributed by atoms with Gasteiger partial charge in [-0.05, 0) is 98.7 Å². The SMILES string of the molecule is CC(=O)O[C@@H]1[C@@H](OC(C)=O)[C@H](C)O[C@@H](O[C@H]2[C@H](O[C@H]3CC[C@@]4(C)C(=CC[C@H]5[C@@H]6C[C@@H]7O[C@]8(CC[C@@H](C)CO8)[C@@H](C)[C@@H]7[C@@]6(C)CC[C@@H]54)C3)O[C@@H]3CO[C@@H](c4ccccc4)O[C@@H]3[C@@H]2O)[C@@H]1OC(C)=O. The molecule has 0 radical (unpaired) electrons. The average Bonchev–Trinajstić information content (AvgIpc) is 3.74. The molecule has 0 amide bonds. The van der Waals surface area contributed by atoms with Gasteiger partial charge < -0.3 is 57.2 Å². The van der Waals surface area contributed by atoms with Gasteiger partial charge in [0.05, 0.1) is 31.5 Å². The Morgan fingerprint density at radius 3 is 2.18 bits per heavy atom. The molecule has 370 valence electrons. The van der Waals surface area contributed by atoms with Gasteiger partial charge in [-0.25, -0.2) is 0 Å². The van der Waals surface area contributed by atoms with Gasteiger partial charge in [0.2, 0.25) is 0 Å². The smallest absolute Gasteiger partial charge is 0.303 e. The van der Waals surface area contributed by atoms with Crippen molar-refractivity contribution in [3.8, 4) is 0 Å². The largest absolute Gasteiger partial charge is 0.456 e. The van der Waals surface area contributed by atoms with E-state index in [0.717, 1.165) is 50.7 Å². The van der Waals surface area contributed by atoms with Crippen LogP contribution >= 0.6 is 0 Å². The first-order valence-corrected chi connectivity index (χ1v) is 25.1. The summed E-state index contributed by atoms with van der Waals surface area (Å²) in [5.74, 6) is 0.742. The number of carbonyl (C=O) groups excluding carboxylic acids is 3. The molecule has 5 heterocycles. The molecule has 67 heavy (non-hydrogen) atoms. The number of aliphatic hydroxyl groups excluding tert-OH is 1. The zero-order valence-corrected chi connectivity index (χ0v) is 40.4. The van der Waals surface area contributed by atoms with Crippen LogP contribution in [0.1, 0.15) is 125 Å². The number of rotatable bonds is 8. The van der Waals surface area contributed by atoms with Gasteiger partial charge in [-0.15, -0.1) is 0 Å². The summed E-state index contributed by atoms with van der Waals surface area (Å²) in [6.45, 7) is 15.9. The van der Waals surface area contributed by atoms with E-state index in [1.165, 1.54) is 39.2 Å². The zero-order valence-electron chi connectivity index (χ0n) is 40.4. The van der Waals surface area contributed by atoms with Crippen LogP contribution < -0.4 is 0 Å². The quantitative estimate of drug-likeness (QED) is 0.163. The van der Waals surface area contributed by atoms with E-state index in [2.05, 4.69) is 33.8 Å². The highest BCUT2D eigenvalue weighted by atomic mass is 16.8. The van der Waals surface area contributed by atoms with Crippen LogP contribution in [0.3, 0.4) is 0 Å². The molecule has 1 N–H and O–H groups in total. The van der Waals surface area contributed by atoms with Crippen LogP contribution in [-0.2, 0) is 66.5 Å². The molecular formula is C52H72O15. The Bertz CT molecular complexity index is 2020. The van der Waals surface area contributed by atoms with Crippen LogP contribution in [-0.4, -0.2) is 116 Å². The predicted octanol–water partition coefficient (Wildman–Crippen LogP) is 6.86. The van der Waals surface area contributed by atoms with E-state index in [-0.39, 0.29) is 29.6 Å².